The molecule has 28 heavy (non-hydrogen) atoms. The molecule has 0 aliphatic heterocycles. The maximum absolute atomic E-state index is 13.3. The normalized spacial score (nSPS) is 10.2. The van der Waals surface area contributed by atoms with Gasteiger partial charge in [0.2, 0.25) is 0 Å². The van der Waals surface area contributed by atoms with Crippen molar-refractivity contribution in [3.8, 4) is 17.2 Å². The summed E-state index contributed by atoms with van der Waals surface area (Å²) in [6.45, 7) is 7.01. The Bertz CT molecular complexity index is 1010. The average Bonchev–Trinajstić information content (AvgIpc) is 2.68. The molecule has 0 spiro atoms. The van der Waals surface area contributed by atoms with Crippen LogP contribution in [0.3, 0.4) is 0 Å². The number of benzene rings is 3. The maximum atomic E-state index is 13.3. The number of ether oxygens (including phenoxy) is 2. The second-order valence-corrected chi connectivity index (χ2v) is 6.30. The van der Waals surface area contributed by atoms with Gasteiger partial charge in [0.1, 0.15) is 17.2 Å². The Kier molecular flexibility index (Phi) is 5.70. The summed E-state index contributed by atoms with van der Waals surface area (Å²) in [6, 6.07) is 19.8. The van der Waals surface area contributed by atoms with Gasteiger partial charge in [0.15, 0.2) is 5.78 Å². The van der Waals surface area contributed by atoms with E-state index >= 15 is 0 Å². The summed E-state index contributed by atoms with van der Waals surface area (Å²) in [7, 11) is 0. The average molecular weight is 372 g/mol. The van der Waals surface area contributed by atoms with Crippen LogP contribution in [0.1, 0.15) is 27.0 Å². The van der Waals surface area contributed by atoms with Gasteiger partial charge < -0.3 is 9.47 Å². The van der Waals surface area contributed by atoms with Crippen molar-refractivity contribution in [3.05, 3.63) is 102 Å². The van der Waals surface area contributed by atoms with E-state index in [9.17, 15) is 9.59 Å². The fraction of sp³-hybridized carbons (Fsp3) is 0.0833. The van der Waals surface area contributed by atoms with Gasteiger partial charge in [-0.3, -0.25) is 4.79 Å². The first-order valence-electron chi connectivity index (χ1n) is 8.81. The highest BCUT2D eigenvalue weighted by atomic mass is 16.5. The second-order valence-electron chi connectivity index (χ2n) is 6.30. The number of carbonyl (C=O) groups is 2. The van der Waals surface area contributed by atoms with E-state index < -0.39 is 5.97 Å². The smallest absolute Gasteiger partial charge is 0.335 e. The van der Waals surface area contributed by atoms with E-state index in [1.54, 1.807) is 30.3 Å². The van der Waals surface area contributed by atoms with Gasteiger partial charge >= 0.3 is 5.97 Å². The highest BCUT2D eigenvalue weighted by Gasteiger charge is 2.20. The third-order valence-corrected chi connectivity index (χ3v) is 4.22. The summed E-state index contributed by atoms with van der Waals surface area (Å²) in [6.07, 6.45) is 1.10. The standard InChI is InChI=1S/C24H20O4/c1-4-22(25)28-19-14-16(2)23(17(3)15-19)24(26)20-12-8-9-13-21(20)27-18-10-6-5-7-11-18/h4-15H,1H2,2-3H3. The monoisotopic (exact) mass is 372 g/mol. The quantitative estimate of drug-likeness (QED) is 0.251. The van der Waals surface area contributed by atoms with Gasteiger partial charge in [-0.1, -0.05) is 36.9 Å². The first-order valence-corrected chi connectivity index (χ1v) is 8.81. The molecular formula is C24H20O4. The van der Waals surface area contributed by atoms with Crippen LogP contribution in [0.15, 0.2) is 79.4 Å². The van der Waals surface area contributed by atoms with E-state index in [2.05, 4.69) is 6.58 Å². The molecule has 0 bridgehead atoms. The highest BCUT2D eigenvalue weighted by Crippen LogP contribution is 2.30. The van der Waals surface area contributed by atoms with E-state index in [4.69, 9.17) is 9.47 Å². The fourth-order valence-electron chi connectivity index (χ4n) is 2.99. The lowest BCUT2D eigenvalue weighted by Gasteiger charge is -2.14. The Labute approximate surface area is 164 Å². The van der Waals surface area contributed by atoms with Crippen molar-refractivity contribution >= 4 is 11.8 Å². The molecule has 3 aromatic carbocycles. The number of esters is 1. The summed E-state index contributed by atoms with van der Waals surface area (Å²) < 4.78 is 11.1. The van der Waals surface area contributed by atoms with E-state index in [0.29, 0.717) is 39.5 Å². The van der Waals surface area contributed by atoms with Gasteiger partial charge in [0.25, 0.3) is 0 Å². The molecule has 3 aromatic rings. The molecule has 0 saturated carbocycles. The van der Waals surface area contributed by atoms with E-state index in [1.165, 1.54) is 0 Å². The van der Waals surface area contributed by atoms with Gasteiger partial charge in [0.05, 0.1) is 5.56 Å². The predicted octanol–water partition coefficient (Wildman–Crippen LogP) is 5.42. The Morgan fingerprint density at radius 3 is 2.11 bits per heavy atom. The van der Waals surface area contributed by atoms with Crippen molar-refractivity contribution in [1.82, 2.24) is 0 Å². The minimum Gasteiger partial charge on any atom is -0.457 e. The largest absolute Gasteiger partial charge is 0.457 e. The van der Waals surface area contributed by atoms with Crippen LogP contribution < -0.4 is 9.47 Å². The molecule has 0 aliphatic rings. The number of hydrogen-bond donors (Lipinski definition) is 0. The molecular weight excluding hydrogens is 352 g/mol. The molecule has 0 aliphatic carbocycles. The molecule has 4 nitrogen and oxygen atoms in total. The van der Waals surface area contributed by atoms with Crippen molar-refractivity contribution in [1.29, 1.82) is 0 Å². The van der Waals surface area contributed by atoms with Crippen LogP contribution in [0.4, 0.5) is 0 Å². The number of ketones is 1. The fourth-order valence-corrected chi connectivity index (χ4v) is 2.99. The van der Waals surface area contributed by atoms with Gasteiger partial charge in [-0.2, -0.15) is 0 Å². The Hall–Kier alpha value is -3.66. The minimum atomic E-state index is -0.542. The van der Waals surface area contributed by atoms with Crippen LogP contribution in [0.5, 0.6) is 17.2 Å². The van der Waals surface area contributed by atoms with E-state index in [0.717, 1.165) is 6.08 Å². The van der Waals surface area contributed by atoms with Crippen LogP contribution in [0, 0.1) is 13.8 Å². The van der Waals surface area contributed by atoms with E-state index in [1.807, 2.05) is 50.2 Å². The third kappa shape index (κ3) is 4.18. The summed E-state index contributed by atoms with van der Waals surface area (Å²) in [4.78, 5) is 24.7. The summed E-state index contributed by atoms with van der Waals surface area (Å²) in [5.41, 5.74) is 2.45. The zero-order chi connectivity index (χ0) is 20.1. The second kappa shape index (κ2) is 8.35. The van der Waals surface area contributed by atoms with Crippen LogP contribution in [0.25, 0.3) is 0 Å². The molecule has 0 saturated heterocycles. The molecule has 0 N–H and O–H groups in total. The topological polar surface area (TPSA) is 52.6 Å². The number of rotatable bonds is 6. The van der Waals surface area contributed by atoms with Gasteiger partial charge in [-0.25, -0.2) is 4.79 Å². The molecule has 3 rings (SSSR count). The van der Waals surface area contributed by atoms with Crippen molar-refractivity contribution in [2.45, 2.75) is 13.8 Å². The zero-order valence-electron chi connectivity index (χ0n) is 15.8. The van der Waals surface area contributed by atoms with Crippen molar-refractivity contribution in [2.24, 2.45) is 0 Å². The molecule has 0 heterocycles. The highest BCUT2D eigenvalue weighted by molar-refractivity contribution is 6.12. The molecule has 4 heteroatoms. The van der Waals surface area contributed by atoms with Crippen LogP contribution >= 0.6 is 0 Å². The zero-order valence-corrected chi connectivity index (χ0v) is 15.8. The maximum Gasteiger partial charge on any atom is 0.335 e. The molecule has 0 fully saturated rings. The van der Waals surface area contributed by atoms with Crippen molar-refractivity contribution in [2.75, 3.05) is 0 Å². The Morgan fingerprint density at radius 2 is 1.46 bits per heavy atom. The number of para-hydroxylation sites is 2. The van der Waals surface area contributed by atoms with Crippen LogP contribution in [-0.4, -0.2) is 11.8 Å². The summed E-state index contributed by atoms with van der Waals surface area (Å²) >= 11 is 0. The first kappa shape index (κ1) is 19.1. The molecule has 0 amide bonds. The summed E-state index contributed by atoms with van der Waals surface area (Å²) in [5.74, 6) is 0.829. The first-order chi connectivity index (χ1) is 13.5. The van der Waals surface area contributed by atoms with Crippen molar-refractivity contribution in [3.63, 3.8) is 0 Å². The van der Waals surface area contributed by atoms with Gasteiger partial charge in [-0.15, -0.1) is 0 Å². The summed E-state index contributed by atoms with van der Waals surface area (Å²) in [5, 5.41) is 0. The lowest BCUT2D eigenvalue weighted by Crippen LogP contribution is -2.10. The van der Waals surface area contributed by atoms with Crippen LogP contribution in [-0.2, 0) is 4.79 Å². The Morgan fingerprint density at radius 1 is 0.857 bits per heavy atom. The van der Waals surface area contributed by atoms with E-state index in [-0.39, 0.29) is 5.78 Å². The number of hydrogen-bond acceptors (Lipinski definition) is 4. The lowest BCUT2D eigenvalue weighted by molar-refractivity contribution is -0.128. The molecule has 0 unspecified atom stereocenters. The predicted molar refractivity (Wildman–Crippen MR) is 108 cm³/mol. The number of carbonyl (C=O) groups excluding carboxylic acids is 2. The Balaban J connectivity index is 1.97. The number of aryl methyl sites for hydroxylation is 2. The lowest BCUT2D eigenvalue weighted by atomic mass is 9.94. The molecule has 0 radical (unpaired) electrons. The van der Waals surface area contributed by atoms with Gasteiger partial charge in [0, 0.05) is 11.6 Å². The van der Waals surface area contributed by atoms with Crippen molar-refractivity contribution < 1.29 is 19.1 Å². The van der Waals surface area contributed by atoms with Crippen LogP contribution in [0.2, 0.25) is 0 Å². The minimum absolute atomic E-state index is 0.150. The third-order valence-electron chi connectivity index (χ3n) is 4.22. The SMILES string of the molecule is C=CC(=O)Oc1cc(C)c(C(=O)c2ccccc2Oc2ccccc2)c(C)c1. The molecule has 140 valence electrons. The van der Waals surface area contributed by atoms with Gasteiger partial charge in [-0.05, 0) is 61.4 Å². The molecule has 0 aromatic heterocycles. The molecule has 0 atom stereocenters.